The predicted octanol–water partition coefficient (Wildman–Crippen LogP) is 5.40. The second kappa shape index (κ2) is 9.82. The number of ether oxygens (including phenoxy) is 1. The lowest BCUT2D eigenvalue weighted by Crippen LogP contribution is -2.38. The van der Waals surface area contributed by atoms with E-state index in [1.54, 1.807) is 6.33 Å². The minimum Gasteiger partial charge on any atom is -0.465 e. The Kier molecular flexibility index (Phi) is 6.36. The number of benzene rings is 2. The van der Waals surface area contributed by atoms with Crippen LogP contribution in [0.4, 0.5) is 5.69 Å². The number of nitrogens with one attached hydrogen (secondary N) is 1. The van der Waals surface area contributed by atoms with Crippen LogP contribution in [0, 0.1) is 0 Å². The number of esters is 1. The zero-order valence-corrected chi connectivity index (χ0v) is 22.0. The Hall–Kier alpha value is -3.39. The van der Waals surface area contributed by atoms with Gasteiger partial charge in [-0.25, -0.2) is 14.8 Å². The SMILES string of the molecule is COC(=O)c1c(N2CCCC2CN(C)C)cc(-c2ccc3c(c2)ncn3C2CCCCC2)c2nc[nH]c12. The first-order chi connectivity index (χ1) is 18.0. The first kappa shape index (κ1) is 24.0. The van der Waals surface area contributed by atoms with Crippen molar-refractivity contribution in [2.75, 3.05) is 39.2 Å². The van der Waals surface area contributed by atoms with Crippen molar-refractivity contribution < 1.29 is 9.53 Å². The topological polar surface area (TPSA) is 79.3 Å². The van der Waals surface area contributed by atoms with E-state index in [1.807, 2.05) is 6.33 Å². The summed E-state index contributed by atoms with van der Waals surface area (Å²) in [5.74, 6) is -0.340. The van der Waals surface area contributed by atoms with Gasteiger partial charge in [0.15, 0.2) is 0 Å². The quantitative estimate of drug-likeness (QED) is 0.357. The summed E-state index contributed by atoms with van der Waals surface area (Å²) in [6.45, 7) is 1.84. The van der Waals surface area contributed by atoms with Gasteiger partial charge in [-0.3, -0.25) is 0 Å². The predicted molar refractivity (Wildman–Crippen MR) is 147 cm³/mol. The highest BCUT2D eigenvalue weighted by Gasteiger charge is 2.31. The van der Waals surface area contributed by atoms with Crippen LogP contribution in [0.25, 0.3) is 33.2 Å². The number of imidazole rings is 2. The molecule has 2 aromatic carbocycles. The van der Waals surface area contributed by atoms with E-state index in [-0.39, 0.29) is 5.97 Å². The molecule has 2 fully saturated rings. The van der Waals surface area contributed by atoms with Crippen LogP contribution >= 0.6 is 0 Å². The molecule has 0 bridgehead atoms. The highest BCUT2D eigenvalue weighted by Crippen LogP contribution is 2.40. The molecule has 194 valence electrons. The highest BCUT2D eigenvalue weighted by atomic mass is 16.5. The van der Waals surface area contributed by atoms with Gasteiger partial charge in [0.25, 0.3) is 0 Å². The summed E-state index contributed by atoms with van der Waals surface area (Å²) in [6.07, 6.45) is 12.2. The number of likely N-dealkylation sites (N-methyl/N-ethyl adjacent to an activating group) is 1. The van der Waals surface area contributed by atoms with Gasteiger partial charge in [0.05, 0.1) is 47.5 Å². The van der Waals surface area contributed by atoms with Crippen molar-refractivity contribution in [2.24, 2.45) is 0 Å². The summed E-state index contributed by atoms with van der Waals surface area (Å²) < 4.78 is 7.62. The fourth-order valence-electron chi connectivity index (χ4n) is 6.46. The van der Waals surface area contributed by atoms with Crippen molar-refractivity contribution in [1.82, 2.24) is 24.4 Å². The maximum atomic E-state index is 13.1. The number of H-pyrrole nitrogens is 1. The fourth-order valence-corrected chi connectivity index (χ4v) is 6.46. The molecule has 3 heterocycles. The molecule has 1 atom stereocenters. The number of hydrogen-bond acceptors (Lipinski definition) is 6. The minimum atomic E-state index is -0.340. The van der Waals surface area contributed by atoms with Gasteiger partial charge in [-0.15, -0.1) is 0 Å². The van der Waals surface area contributed by atoms with E-state index < -0.39 is 0 Å². The van der Waals surface area contributed by atoms with Crippen LogP contribution < -0.4 is 4.90 Å². The van der Waals surface area contributed by atoms with Crippen LogP contribution in [0.2, 0.25) is 0 Å². The standard InChI is InChI=1S/C29H36N6O2/c1-33(2)16-21-10-7-13-34(21)25-15-22(27-28(31-17-30-27)26(25)29(36)37-3)19-11-12-24-23(14-19)32-18-35(24)20-8-5-4-6-9-20/h11-12,14-15,17-18,20-21H,4-10,13,16H2,1-3H3,(H,30,31). The van der Waals surface area contributed by atoms with E-state index in [1.165, 1.54) is 44.7 Å². The Labute approximate surface area is 217 Å². The van der Waals surface area contributed by atoms with Gasteiger partial charge in [0, 0.05) is 30.7 Å². The van der Waals surface area contributed by atoms with Gasteiger partial charge < -0.3 is 24.1 Å². The van der Waals surface area contributed by atoms with Crippen molar-refractivity contribution >= 4 is 33.7 Å². The average Bonchev–Trinajstić information content (AvgIpc) is 3.67. The Bertz CT molecular complexity index is 1430. The van der Waals surface area contributed by atoms with Crippen LogP contribution in [0.1, 0.15) is 61.3 Å². The van der Waals surface area contributed by atoms with E-state index in [9.17, 15) is 4.79 Å². The van der Waals surface area contributed by atoms with E-state index >= 15 is 0 Å². The van der Waals surface area contributed by atoms with Crippen LogP contribution in [0.3, 0.4) is 0 Å². The first-order valence-electron chi connectivity index (χ1n) is 13.5. The largest absolute Gasteiger partial charge is 0.465 e. The molecule has 1 aliphatic carbocycles. The smallest absolute Gasteiger partial charge is 0.342 e. The van der Waals surface area contributed by atoms with Crippen molar-refractivity contribution in [2.45, 2.75) is 57.0 Å². The van der Waals surface area contributed by atoms with Crippen LogP contribution in [-0.2, 0) is 4.74 Å². The summed E-state index contributed by atoms with van der Waals surface area (Å²) in [7, 11) is 5.64. The number of methoxy groups -OCH3 is 1. The van der Waals surface area contributed by atoms with Crippen molar-refractivity contribution in [3.8, 4) is 11.1 Å². The minimum absolute atomic E-state index is 0.334. The third kappa shape index (κ3) is 4.27. The van der Waals surface area contributed by atoms with E-state index in [2.05, 4.69) is 62.7 Å². The molecule has 8 nitrogen and oxygen atoms in total. The lowest BCUT2D eigenvalue weighted by atomic mass is 9.95. The molecule has 1 saturated carbocycles. The molecule has 0 radical (unpaired) electrons. The molecule has 8 heteroatoms. The highest BCUT2D eigenvalue weighted by molar-refractivity contribution is 6.11. The zero-order valence-electron chi connectivity index (χ0n) is 22.0. The third-order valence-electron chi connectivity index (χ3n) is 8.19. The molecule has 2 aliphatic rings. The number of carbonyl (C=O) groups excluding carboxylic acids is 1. The number of anilines is 1. The zero-order chi connectivity index (χ0) is 25.5. The van der Waals surface area contributed by atoms with Crippen LogP contribution in [-0.4, -0.2) is 70.7 Å². The lowest BCUT2D eigenvalue weighted by Gasteiger charge is -2.31. The number of aromatic amines is 1. The second-order valence-corrected chi connectivity index (χ2v) is 10.8. The Balaban J connectivity index is 1.48. The maximum Gasteiger partial charge on any atom is 0.342 e. The van der Waals surface area contributed by atoms with Gasteiger partial charge in [0.2, 0.25) is 0 Å². The summed E-state index contributed by atoms with van der Waals surface area (Å²) >= 11 is 0. The average molecular weight is 501 g/mol. The molecule has 1 saturated heterocycles. The molecule has 1 N–H and O–H groups in total. The van der Waals surface area contributed by atoms with Crippen LogP contribution in [0.15, 0.2) is 36.9 Å². The molecule has 6 rings (SSSR count). The molecule has 2 aromatic heterocycles. The fraction of sp³-hybridized carbons (Fsp3) is 0.483. The maximum absolute atomic E-state index is 13.1. The van der Waals surface area contributed by atoms with Crippen LogP contribution in [0.5, 0.6) is 0 Å². The van der Waals surface area contributed by atoms with Gasteiger partial charge >= 0.3 is 5.97 Å². The Morgan fingerprint density at radius 3 is 2.73 bits per heavy atom. The van der Waals surface area contributed by atoms with Gasteiger partial charge in [-0.1, -0.05) is 25.3 Å². The second-order valence-electron chi connectivity index (χ2n) is 10.8. The molecule has 1 unspecified atom stereocenters. The Morgan fingerprint density at radius 2 is 1.95 bits per heavy atom. The molecular weight excluding hydrogens is 464 g/mol. The van der Waals surface area contributed by atoms with Crippen molar-refractivity contribution in [1.29, 1.82) is 0 Å². The molecule has 1 aliphatic heterocycles. The number of fused-ring (bicyclic) bond motifs is 2. The number of nitrogens with zero attached hydrogens (tertiary/aromatic N) is 5. The van der Waals surface area contributed by atoms with Crippen molar-refractivity contribution in [3.63, 3.8) is 0 Å². The van der Waals surface area contributed by atoms with E-state index in [0.717, 1.165) is 59.3 Å². The molecule has 37 heavy (non-hydrogen) atoms. The monoisotopic (exact) mass is 500 g/mol. The molecular formula is C29H36N6O2. The van der Waals surface area contributed by atoms with Gasteiger partial charge in [-0.2, -0.15) is 0 Å². The molecule has 0 amide bonds. The normalized spacial score (nSPS) is 18.9. The van der Waals surface area contributed by atoms with Crippen molar-refractivity contribution in [3.05, 3.63) is 42.5 Å². The third-order valence-corrected chi connectivity index (χ3v) is 8.19. The molecule has 4 aromatic rings. The number of rotatable bonds is 6. The lowest BCUT2D eigenvalue weighted by molar-refractivity contribution is 0.0603. The van der Waals surface area contributed by atoms with Gasteiger partial charge in [-0.05, 0) is 63.5 Å². The number of hydrogen-bond donors (Lipinski definition) is 1. The first-order valence-corrected chi connectivity index (χ1v) is 13.5. The summed E-state index contributed by atoms with van der Waals surface area (Å²) in [5, 5.41) is 0. The van der Waals surface area contributed by atoms with E-state index in [0.29, 0.717) is 17.6 Å². The number of aromatic nitrogens is 4. The number of carbonyl (C=O) groups is 1. The summed E-state index contributed by atoms with van der Waals surface area (Å²) in [5.41, 5.74) is 7.22. The molecule has 0 spiro atoms. The van der Waals surface area contributed by atoms with E-state index in [4.69, 9.17) is 9.72 Å². The summed E-state index contributed by atoms with van der Waals surface area (Å²) in [6, 6.07) is 9.56. The Morgan fingerprint density at radius 1 is 1.11 bits per heavy atom. The van der Waals surface area contributed by atoms with Gasteiger partial charge in [0.1, 0.15) is 5.56 Å². The summed E-state index contributed by atoms with van der Waals surface area (Å²) in [4.78, 5) is 30.4.